The summed E-state index contributed by atoms with van der Waals surface area (Å²) in [5.41, 5.74) is 0. The molecule has 1 saturated heterocycles. The second-order valence-corrected chi connectivity index (χ2v) is 6.13. The summed E-state index contributed by atoms with van der Waals surface area (Å²) in [6, 6.07) is 0. The van der Waals surface area contributed by atoms with Gasteiger partial charge in [-0.3, -0.25) is 4.79 Å². The first-order chi connectivity index (χ1) is 9.74. The van der Waals surface area contributed by atoms with Crippen molar-refractivity contribution in [3.05, 3.63) is 11.1 Å². The Hall–Kier alpha value is -1.14. The molecule has 0 bridgehead atoms. The van der Waals surface area contributed by atoms with Crippen LogP contribution in [-0.4, -0.2) is 55.6 Å². The quantitative estimate of drug-likeness (QED) is 0.805. The minimum absolute atomic E-state index is 0.285. The Morgan fingerprint density at radius 1 is 1.40 bits per heavy atom. The number of rotatable bonds is 6. The fourth-order valence-corrected chi connectivity index (χ4v) is 3.23. The van der Waals surface area contributed by atoms with E-state index in [1.54, 1.807) is 11.3 Å². The Bertz CT molecular complexity index is 427. The van der Waals surface area contributed by atoms with Crippen LogP contribution in [0.2, 0.25) is 0 Å². The first kappa shape index (κ1) is 15.3. The highest BCUT2D eigenvalue weighted by Crippen LogP contribution is 2.23. The Morgan fingerprint density at radius 3 is 2.75 bits per heavy atom. The molecule has 2 heterocycles. The fourth-order valence-electron chi connectivity index (χ4n) is 2.33. The first-order valence-corrected chi connectivity index (χ1v) is 8.18. The van der Waals surface area contributed by atoms with Crippen molar-refractivity contribution in [2.24, 2.45) is 0 Å². The standard InChI is InChI=1S/C14H24N4OS/c1-3-12-11-16-14(20-12)18-9-7-17(8-10-18)13(19)5-4-6-15-2/h11,15H,3-10H2,1-2H3. The molecule has 6 heteroatoms. The Kier molecular flexibility index (Phi) is 5.79. The van der Waals surface area contributed by atoms with Gasteiger partial charge in [-0.2, -0.15) is 0 Å². The average molecular weight is 296 g/mol. The number of aryl methyl sites for hydroxylation is 1. The van der Waals surface area contributed by atoms with Gasteiger partial charge in [0.25, 0.3) is 0 Å². The van der Waals surface area contributed by atoms with Gasteiger partial charge in [0, 0.05) is 43.7 Å². The Balaban J connectivity index is 1.78. The van der Waals surface area contributed by atoms with Crippen molar-refractivity contribution in [1.29, 1.82) is 0 Å². The van der Waals surface area contributed by atoms with Crippen LogP contribution >= 0.6 is 11.3 Å². The van der Waals surface area contributed by atoms with Gasteiger partial charge >= 0.3 is 0 Å². The van der Waals surface area contributed by atoms with Gasteiger partial charge in [0.1, 0.15) is 0 Å². The topological polar surface area (TPSA) is 48.5 Å². The Morgan fingerprint density at radius 2 is 2.15 bits per heavy atom. The van der Waals surface area contributed by atoms with Crippen LogP contribution in [-0.2, 0) is 11.2 Å². The average Bonchev–Trinajstić information content (AvgIpc) is 2.96. The maximum absolute atomic E-state index is 12.0. The third-order valence-electron chi connectivity index (χ3n) is 3.61. The van der Waals surface area contributed by atoms with Crippen molar-refractivity contribution < 1.29 is 4.79 Å². The Labute approximate surface area is 125 Å². The maximum atomic E-state index is 12.0. The maximum Gasteiger partial charge on any atom is 0.222 e. The number of aromatic nitrogens is 1. The molecule has 1 N–H and O–H groups in total. The number of carbonyl (C=O) groups is 1. The van der Waals surface area contributed by atoms with Gasteiger partial charge in [0.15, 0.2) is 5.13 Å². The van der Waals surface area contributed by atoms with Crippen molar-refractivity contribution in [2.45, 2.75) is 26.2 Å². The molecule has 0 unspecified atom stereocenters. The number of hydrogen-bond acceptors (Lipinski definition) is 5. The lowest BCUT2D eigenvalue weighted by Gasteiger charge is -2.34. The van der Waals surface area contributed by atoms with Crippen LogP contribution in [0.5, 0.6) is 0 Å². The summed E-state index contributed by atoms with van der Waals surface area (Å²) in [6.45, 7) is 6.49. The SMILES string of the molecule is CCc1cnc(N2CCN(C(=O)CCCNC)CC2)s1. The van der Waals surface area contributed by atoms with Gasteiger partial charge < -0.3 is 15.1 Å². The van der Waals surface area contributed by atoms with Gasteiger partial charge in [-0.25, -0.2) is 4.98 Å². The van der Waals surface area contributed by atoms with Gasteiger partial charge in [-0.15, -0.1) is 11.3 Å². The summed E-state index contributed by atoms with van der Waals surface area (Å²) < 4.78 is 0. The molecule has 1 aliphatic rings. The van der Waals surface area contributed by atoms with Crippen LogP contribution in [0, 0.1) is 0 Å². The number of thiazole rings is 1. The smallest absolute Gasteiger partial charge is 0.222 e. The highest BCUT2D eigenvalue weighted by atomic mass is 32.1. The molecule has 0 saturated carbocycles. The van der Waals surface area contributed by atoms with Crippen LogP contribution < -0.4 is 10.2 Å². The molecule has 1 aromatic rings. The van der Waals surface area contributed by atoms with Gasteiger partial charge in [-0.05, 0) is 26.4 Å². The normalized spacial score (nSPS) is 15.7. The van der Waals surface area contributed by atoms with Crippen LogP contribution in [0.15, 0.2) is 6.20 Å². The predicted molar refractivity (Wildman–Crippen MR) is 83.4 cm³/mol. The summed E-state index contributed by atoms with van der Waals surface area (Å²) in [7, 11) is 1.92. The lowest BCUT2D eigenvalue weighted by molar-refractivity contribution is -0.131. The highest BCUT2D eigenvalue weighted by molar-refractivity contribution is 7.15. The first-order valence-electron chi connectivity index (χ1n) is 7.36. The summed E-state index contributed by atoms with van der Waals surface area (Å²) in [6.07, 6.45) is 4.58. The number of piperazine rings is 1. The molecule has 0 atom stereocenters. The summed E-state index contributed by atoms with van der Waals surface area (Å²) >= 11 is 1.77. The lowest BCUT2D eigenvalue weighted by Crippen LogP contribution is -2.48. The summed E-state index contributed by atoms with van der Waals surface area (Å²) in [4.78, 5) is 22.1. The van der Waals surface area contributed by atoms with Gasteiger partial charge in [0.2, 0.25) is 5.91 Å². The number of amides is 1. The largest absolute Gasteiger partial charge is 0.345 e. The van der Waals surface area contributed by atoms with Crippen molar-refractivity contribution in [3.63, 3.8) is 0 Å². The summed E-state index contributed by atoms with van der Waals surface area (Å²) in [5.74, 6) is 0.285. The van der Waals surface area contributed by atoms with Crippen LogP contribution in [0.3, 0.4) is 0 Å². The van der Waals surface area contributed by atoms with Crippen molar-refractivity contribution in [1.82, 2.24) is 15.2 Å². The van der Waals surface area contributed by atoms with E-state index in [1.807, 2.05) is 18.1 Å². The minimum Gasteiger partial charge on any atom is -0.345 e. The zero-order valence-electron chi connectivity index (χ0n) is 12.4. The van der Waals surface area contributed by atoms with E-state index in [2.05, 4.69) is 22.1 Å². The monoisotopic (exact) mass is 296 g/mol. The zero-order valence-corrected chi connectivity index (χ0v) is 13.2. The number of carbonyl (C=O) groups excluding carboxylic acids is 1. The van der Waals surface area contributed by atoms with E-state index >= 15 is 0 Å². The van der Waals surface area contributed by atoms with Crippen LogP contribution in [0.25, 0.3) is 0 Å². The molecule has 1 amide bonds. The van der Waals surface area contributed by atoms with Gasteiger partial charge in [0.05, 0.1) is 0 Å². The molecule has 0 aliphatic carbocycles. The van der Waals surface area contributed by atoms with Gasteiger partial charge in [-0.1, -0.05) is 6.92 Å². The molecule has 0 radical (unpaired) electrons. The van der Waals surface area contributed by atoms with E-state index in [0.29, 0.717) is 6.42 Å². The van der Waals surface area contributed by atoms with Crippen molar-refractivity contribution >= 4 is 22.4 Å². The molecule has 0 spiro atoms. The molecule has 20 heavy (non-hydrogen) atoms. The molecular formula is C14H24N4OS. The molecule has 1 aromatic heterocycles. The lowest BCUT2D eigenvalue weighted by atomic mass is 10.2. The van der Waals surface area contributed by atoms with E-state index in [-0.39, 0.29) is 5.91 Å². The van der Waals surface area contributed by atoms with E-state index in [1.165, 1.54) is 4.88 Å². The predicted octanol–water partition coefficient (Wildman–Crippen LogP) is 1.35. The number of nitrogens with zero attached hydrogens (tertiary/aromatic N) is 3. The van der Waals surface area contributed by atoms with Crippen molar-refractivity contribution in [2.75, 3.05) is 44.7 Å². The van der Waals surface area contributed by atoms with E-state index in [4.69, 9.17) is 0 Å². The molecule has 1 fully saturated rings. The minimum atomic E-state index is 0.285. The highest BCUT2D eigenvalue weighted by Gasteiger charge is 2.22. The van der Waals surface area contributed by atoms with Crippen LogP contribution in [0.1, 0.15) is 24.6 Å². The summed E-state index contributed by atoms with van der Waals surface area (Å²) in [5, 5.41) is 4.18. The molecule has 112 valence electrons. The second-order valence-electron chi connectivity index (χ2n) is 5.04. The third kappa shape index (κ3) is 3.93. The second kappa shape index (κ2) is 7.59. The zero-order chi connectivity index (χ0) is 14.4. The molecule has 0 aromatic carbocycles. The number of hydrogen-bond donors (Lipinski definition) is 1. The molecule has 2 rings (SSSR count). The van der Waals surface area contributed by atoms with E-state index in [0.717, 1.165) is 50.7 Å². The van der Waals surface area contributed by atoms with Crippen molar-refractivity contribution in [3.8, 4) is 0 Å². The molecular weight excluding hydrogens is 272 g/mol. The number of nitrogens with one attached hydrogen (secondary N) is 1. The molecule has 1 aliphatic heterocycles. The number of anilines is 1. The third-order valence-corrected chi connectivity index (χ3v) is 4.81. The van der Waals surface area contributed by atoms with Crippen LogP contribution in [0.4, 0.5) is 5.13 Å². The van der Waals surface area contributed by atoms with E-state index in [9.17, 15) is 4.79 Å². The fraction of sp³-hybridized carbons (Fsp3) is 0.714. The van der Waals surface area contributed by atoms with E-state index < -0.39 is 0 Å². The molecule has 5 nitrogen and oxygen atoms in total.